The first-order chi connectivity index (χ1) is 7.16. The average molecular weight is 206 g/mol. The van der Waals surface area contributed by atoms with Crippen molar-refractivity contribution >= 4 is 5.82 Å². The Morgan fingerprint density at radius 3 is 2.80 bits per heavy atom. The van der Waals surface area contributed by atoms with Crippen molar-refractivity contribution in [1.29, 1.82) is 0 Å². The molecule has 78 valence electrons. The molecular weight excluding hydrogens is 196 g/mol. The molecule has 7 nitrogen and oxygen atoms in total. The maximum Gasteiger partial charge on any atom is 0.342 e. The fourth-order valence-corrected chi connectivity index (χ4v) is 1.00. The second kappa shape index (κ2) is 3.52. The molecule has 0 saturated heterocycles. The van der Waals surface area contributed by atoms with Gasteiger partial charge in [-0.05, 0) is 6.92 Å². The normalized spacial score (nSPS) is 10.3. The Hall–Kier alpha value is -2.18. The lowest BCUT2D eigenvalue weighted by Gasteiger charge is -2.04. The topological polar surface area (TPSA) is 91.7 Å². The summed E-state index contributed by atoms with van der Waals surface area (Å²) in [4.78, 5) is 11.7. The third kappa shape index (κ3) is 1.85. The maximum absolute atomic E-state index is 5.60. The minimum Gasteiger partial charge on any atom is -0.404 e. The minimum absolute atomic E-state index is 0.235. The summed E-state index contributed by atoms with van der Waals surface area (Å²) in [7, 11) is 1.75. The lowest BCUT2D eigenvalue weighted by molar-refractivity contribution is 0.418. The van der Waals surface area contributed by atoms with Gasteiger partial charge in [0.1, 0.15) is 18.5 Å². The molecule has 0 fully saturated rings. The molecule has 0 aromatic carbocycles. The van der Waals surface area contributed by atoms with Crippen LogP contribution in [0, 0.1) is 6.92 Å². The minimum atomic E-state index is 0.235. The van der Waals surface area contributed by atoms with Crippen molar-refractivity contribution in [3.8, 4) is 11.9 Å². The van der Waals surface area contributed by atoms with E-state index >= 15 is 0 Å². The Morgan fingerprint density at radius 1 is 1.33 bits per heavy atom. The highest BCUT2D eigenvalue weighted by Crippen LogP contribution is 2.21. The second-order valence-electron chi connectivity index (χ2n) is 2.99. The van der Waals surface area contributed by atoms with Crippen LogP contribution in [-0.2, 0) is 7.05 Å². The summed E-state index contributed by atoms with van der Waals surface area (Å²) in [6.07, 6.45) is 2.87. The standard InChI is InChI=1S/C8H10N6O/c1-5-6(9)10-3-11-7(5)15-8-12-4-14(2)13-8/h3-4H,1-2H3,(H2,9,10,11). The summed E-state index contributed by atoms with van der Waals surface area (Å²) in [5, 5.41) is 3.96. The van der Waals surface area contributed by atoms with Crippen molar-refractivity contribution in [3.05, 3.63) is 18.2 Å². The van der Waals surface area contributed by atoms with E-state index in [9.17, 15) is 0 Å². The van der Waals surface area contributed by atoms with Crippen LogP contribution >= 0.6 is 0 Å². The Bertz CT molecular complexity index is 480. The summed E-state index contributed by atoms with van der Waals surface area (Å²) in [6.45, 7) is 1.77. The summed E-state index contributed by atoms with van der Waals surface area (Å²) < 4.78 is 6.87. The third-order valence-corrected chi connectivity index (χ3v) is 1.84. The Kier molecular flexibility index (Phi) is 2.20. The number of nitrogen functional groups attached to an aromatic ring is 1. The molecule has 0 aliphatic carbocycles. The summed E-state index contributed by atoms with van der Waals surface area (Å²) in [5.41, 5.74) is 6.27. The van der Waals surface area contributed by atoms with Crippen molar-refractivity contribution in [3.63, 3.8) is 0 Å². The predicted octanol–water partition coefficient (Wildman–Crippen LogP) is 0.288. The van der Waals surface area contributed by atoms with E-state index < -0.39 is 0 Å². The van der Waals surface area contributed by atoms with Crippen LogP contribution in [0.5, 0.6) is 11.9 Å². The summed E-state index contributed by atoms with van der Waals surface area (Å²) in [5.74, 6) is 0.754. The number of aryl methyl sites for hydroxylation is 1. The molecule has 0 spiro atoms. The zero-order valence-corrected chi connectivity index (χ0v) is 8.38. The van der Waals surface area contributed by atoms with Gasteiger partial charge in [0.2, 0.25) is 5.88 Å². The van der Waals surface area contributed by atoms with Gasteiger partial charge in [0.05, 0.1) is 5.56 Å². The Labute approximate surface area is 85.9 Å². The van der Waals surface area contributed by atoms with Gasteiger partial charge in [-0.2, -0.15) is 4.98 Å². The fraction of sp³-hybridized carbons (Fsp3) is 0.250. The smallest absolute Gasteiger partial charge is 0.342 e. The molecule has 0 radical (unpaired) electrons. The maximum atomic E-state index is 5.60. The number of nitrogens with zero attached hydrogens (tertiary/aromatic N) is 5. The van der Waals surface area contributed by atoms with Crippen LogP contribution in [0.3, 0.4) is 0 Å². The predicted molar refractivity (Wildman–Crippen MR) is 52.3 cm³/mol. The first-order valence-electron chi connectivity index (χ1n) is 4.27. The average Bonchev–Trinajstić information content (AvgIpc) is 2.59. The highest BCUT2D eigenvalue weighted by molar-refractivity contribution is 5.43. The molecule has 15 heavy (non-hydrogen) atoms. The lowest BCUT2D eigenvalue weighted by atomic mass is 10.3. The molecule has 2 heterocycles. The molecule has 0 amide bonds. The lowest BCUT2D eigenvalue weighted by Crippen LogP contribution is -1.99. The molecule has 0 aliphatic rings. The van der Waals surface area contributed by atoms with Gasteiger partial charge in [0.15, 0.2) is 0 Å². The van der Waals surface area contributed by atoms with Crippen molar-refractivity contribution < 1.29 is 4.74 Å². The highest BCUT2D eigenvalue weighted by atomic mass is 16.5. The molecule has 7 heteroatoms. The van der Waals surface area contributed by atoms with E-state index in [1.807, 2.05) is 0 Å². The van der Waals surface area contributed by atoms with Gasteiger partial charge in [-0.25, -0.2) is 9.97 Å². The fourth-order valence-electron chi connectivity index (χ4n) is 1.00. The molecule has 2 aromatic heterocycles. The van der Waals surface area contributed by atoms with Crippen LogP contribution < -0.4 is 10.5 Å². The van der Waals surface area contributed by atoms with Gasteiger partial charge >= 0.3 is 6.01 Å². The van der Waals surface area contributed by atoms with Crippen LogP contribution in [0.4, 0.5) is 5.82 Å². The first kappa shape index (κ1) is 9.38. The number of aromatic nitrogens is 5. The molecule has 2 rings (SSSR count). The SMILES string of the molecule is Cc1c(N)ncnc1Oc1ncn(C)n1. The molecule has 0 aliphatic heterocycles. The Morgan fingerprint density at radius 2 is 2.13 bits per heavy atom. The van der Waals surface area contributed by atoms with Crippen LogP contribution in [0.25, 0.3) is 0 Å². The van der Waals surface area contributed by atoms with E-state index in [2.05, 4.69) is 20.1 Å². The molecular formula is C8H10N6O. The van der Waals surface area contributed by atoms with Crippen LogP contribution in [0.1, 0.15) is 5.56 Å². The van der Waals surface area contributed by atoms with Crippen LogP contribution in [-0.4, -0.2) is 24.7 Å². The molecule has 2 N–H and O–H groups in total. The van der Waals surface area contributed by atoms with Crippen molar-refractivity contribution in [2.75, 3.05) is 5.73 Å². The summed E-state index contributed by atoms with van der Waals surface area (Å²) >= 11 is 0. The van der Waals surface area contributed by atoms with E-state index in [4.69, 9.17) is 10.5 Å². The molecule has 0 bridgehead atoms. The number of hydrogen-bond donors (Lipinski definition) is 1. The molecule has 0 atom stereocenters. The van der Waals surface area contributed by atoms with Crippen molar-refractivity contribution in [2.24, 2.45) is 7.05 Å². The zero-order chi connectivity index (χ0) is 10.8. The zero-order valence-electron chi connectivity index (χ0n) is 8.38. The number of ether oxygens (including phenoxy) is 1. The van der Waals surface area contributed by atoms with Gasteiger partial charge in [-0.15, -0.1) is 5.10 Å². The molecule has 0 unspecified atom stereocenters. The molecule has 2 aromatic rings. The third-order valence-electron chi connectivity index (χ3n) is 1.84. The van der Waals surface area contributed by atoms with Crippen molar-refractivity contribution in [2.45, 2.75) is 6.92 Å². The first-order valence-corrected chi connectivity index (χ1v) is 4.27. The van der Waals surface area contributed by atoms with Gasteiger partial charge < -0.3 is 10.5 Å². The van der Waals surface area contributed by atoms with Crippen LogP contribution in [0.2, 0.25) is 0 Å². The Balaban J connectivity index is 2.28. The van der Waals surface area contributed by atoms with E-state index in [0.29, 0.717) is 17.3 Å². The van der Waals surface area contributed by atoms with Gasteiger partial charge in [0.25, 0.3) is 0 Å². The number of nitrogens with two attached hydrogens (primary N) is 1. The van der Waals surface area contributed by atoms with E-state index in [-0.39, 0.29) is 6.01 Å². The monoisotopic (exact) mass is 206 g/mol. The highest BCUT2D eigenvalue weighted by Gasteiger charge is 2.08. The van der Waals surface area contributed by atoms with E-state index in [1.165, 1.54) is 17.3 Å². The number of rotatable bonds is 2. The number of anilines is 1. The van der Waals surface area contributed by atoms with Gasteiger partial charge in [0, 0.05) is 7.05 Å². The number of hydrogen-bond acceptors (Lipinski definition) is 6. The van der Waals surface area contributed by atoms with Gasteiger partial charge in [-0.1, -0.05) is 0 Å². The van der Waals surface area contributed by atoms with Crippen LogP contribution in [0.15, 0.2) is 12.7 Å². The quantitative estimate of drug-likeness (QED) is 0.759. The second-order valence-corrected chi connectivity index (χ2v) is 2.99. The van der Waals surface area contributed by atoms with E-state index in [0.717, 1.165) is 0 Å². The van der Waals surface area contributed by atoms with E-state index in [1.54, 1.807) is 14.0 Å². The van der Waals surface area contributed by atoms with Crippen molar-refractivity contribution in [1.82, 2.24) is 24.7 Å². The summed E-state index contributed by atoms with van der Waals surface area (Å²) in [6, 6.07) is 0.235. The van der Waals surface area contributed by atoms with Gasteiger partial charge in [-0.3, -0.25) is 4.68 Å². The molecule has 0 saturated carbocycles. The largest absolute Gasteiger partial charge is 0.404 e.